The number of para-hydroxylation sites is 2. The minimum absolute atomic E-state index is 0.133. The molecule has 0 radical (unpaired) electrons. The van der Waals surface area contributed by atoms with Gasteiger partial charge in [-0.25, -0.2) is 0 Å². The Balaban J connectivity index is 1.64. The Morgan fingerprint density at radius 2 is 1.81 bits per heavy atom. The van der Waals surface area contributed by atoms with Crippen LogP contribution in [0.2, 0.25) is 5.32 Å². The fourth-order valence-electron chi connectivity index (χ4n) is 2.19. The van der Waals surface area contributed by atoms with Crippen LogP contribution in [0.5, 0.6) is 0 Å². The first kappa shape index (κ1) is 14.3. The summed E-state index contributed by atoms with van der Waals surface area (Å²) < 4.78 is 5.74. The number of aliphatic hydroxyl groups is 1. The third-order valence-electron chi connectivity index (χ3n) is 3.42. The van der Waals surface area contributed by atoms with Gasteiger partial charge in [0.25, 0.3) is 0 Å². The van der Waals surface area contributed by atoms with Crippen molar-refractivity contribution in [1.82, 2.24) is 4.98 Å². The SMILES string of the molecule is C[C@@H](C[Se]c1nc2ccccc2o1)[C@@H](O)c1ccccc1. The monoisotopic (exact) mass is 347 g/mol. The van der Waals surface area contributed by atoms with Gasteiger partial charge >= 0.3 is 130 Å². The van der Waals surface area contributed by atoms with E-state index >= 15 is 0 Å². The van der Waals surface area contributed by atoms with Crippen LogP contribution in [0.1, 0.15) is 18.6 Å². The van der Waals surface area contributed by atoms with Crippen molar-refractivity contribution in [2.75, 3.05) is 0 Å². The van der Waals surface area contributed by atoms with Gasteiger partial charge in [-0.2, -0.15) is 0 Å². The fraction of sp³-hybridized carbons (Fsp3) is 0.235. The molecule has 0 amide bonds. The first-order valence-electron chi connectivity index (χ1n) is 6.95. The maximum atomic E-state index is 10.4. The van der Waals surface area contributed by atoms with E-state index in [1.807, 2.05) is 54.6 Å². The average molecular weight is 346 g/mol. The van der Waals surface area contributed by atoms with Gasteiger partial charge in [0, 0.05) is 0 Å². The zero-order valence-corrected chi connectivity index (χ0v) is 13.5. The van der Waals surface area contributed by atoms with E-state index in [9.17, 15) is 5.11 Å². The van der Waals surface area contributed by atoms with Crippen LogP contribution in [0, 0.1) is 5.92 Å². The molecule has 0 fully saturated rings. The summed E-state index contributed by atoms with van der Waals surface area (Å²) in [6.45, 7) is 2.07. The van der Waals surface area contributed by atoms with Crippen LogP contribution < -0.4 is 4.79 Å². The summed E-state index contributed by atoms with van der Waals surface area (Å²) in [4.78, 5) is 5.30. The molecular formula is C17H17NO2Se. The van der Waals surface area contributed by atoms with Crippen molar-refractivity contribution in [3.63, 3.8) is 0 Å². The van der Waals surface area contributed by atoms with Crippen molar-refractivity contribution >= 4 is 30.8 Å². The molecule has 0 aliphatic carbocycles. The molecule has 1 aromatic heterocycles. The van der Waals surface area contributed by atoms with E-state index in [1.54, 1.807) is 0 Å². The van der Waals surface area contributed by atoms with E-state index in [0.717, 1.165) is 26.8 Å². The molecule has 0 saturated carbocycles. The summed E-state index contributed by atoms with van der Waals surface area (Å²) >= 11 is 0.133. The fourth-order valence-corrected chi connectivity index (χ4v) is 4.07. The number of aliphatic hydroxyl groups excluding tert-OH is 1. The molecule has 3 aromatic rings. The normalized spacial score (nSPS) is 14.2. The van der Waals surface area contributed by atoms with Gasteiger partial charge in [-0.1, -0.05) is 0 Å². The molecule has 1 heterocycles. The van der Waals surface area contributed by atoms with E-state index in [0.29, 0.717) is 0 Å². The first-order chi connectivity index (χ1) is 10.2. The van der Waals surface area contributed by atoms with Crippen molar-refractivity contribution in [3.05, 3.63) is 60.2 Å². The van der Waals surface area contributed by atoms with Gasteiger partial charge in [0.15, 0.2) is 0 Å². The van der Waals surface area contributed by atoms with Gasteiger partial charge in [0.1, 0.15) is 0 Å². The van der Waals surface area contributed by atoms with Crippen molar-refractivity contribution in [2.45, 2.75) is 18.3 Å². The van der Waals surface area contributed by atoms with Crippen LogP contribution in [-0.4, -0.2) is 25.0 Å². The molecule has 0 saturated heterocycles. The van der Waals surface area contributed by atoms with Gasteiger partial charge in [-0.3, -0.25) is 0 Å². The Morgan fingerprint density at radius 3 is 2.57 bits per heavy atom. The summed E-state index contributed by atoms with van der Waals surface area (Å²) in [7, 11) is 0. The van der Waals surface area contributed by atoms with Gasteiger partial charge in [0.2, 0.25) is 0 Å². The predicted molar refractivity (Wildman–Crippen MR) is 84.8 cm³/mol. The molecule has 0 aliphatic heterocycles. The second kappa shape index (κ2) is 6.44. The topological polar surface area (TPSA) is 46.3 Å². The zero-order valence-electron chi connectivity index (χ0n) is 11.8. The van der Waals surface area contributed by atoms with E-state index < -0.39 is 6.10 Å². The van der Waals surface area contributed by atoms with Crippen molar-refractivity contribution in [3.8, 4) is 0 Å². The standard InChI is InChI=1S/C17H17NO2Se/c1-12(16(19)13-7-3-2-4-8-13)11-21-17-18-14-9-5-6-10-15(14)20-17/h2-10,12,16,19H,11H2,1H3/t12-,16+/m0/s1. The van der Waals surface area contributed by atoms with Gasteiger partial charge in [0.05, 0.1) is 0 Å². The maximum absolute atomic E-state index is 10.4. The molecule has 0 aliphatic rings. The van der Waals surface area contributed by atoms with Gasteiger partial charge < -0.3 is 0 Å². The van der Waals surface area contributed by atoms with Crippen molar-refractivity contribution < 1.29 is 9.52 Å². The third-order valence-corrected chi connectivity index (χ3v) is 5.76. The molecule has 4 heteroatoms. The van der Waals surface area contributed by atoms with Crippen LogP contribution in [0.25, 0.3) is 11.1 Å². The molecule has 2 atom stereocenters. The van der Waals surface area contributed by atoms with Crippen LogP contribution in [0.15, 0.2) is 59.0 Å². The third kappa shape index (κ3) is 3.35. The molecule has 3 rings (SSSR count). The number of fused-ring (bicyclic) bond motifs is 1. The van der Waals surface area contributed by atoms with Crippen molar-refractivity contribution in [1.29, 1.82) is 0 Å². The summed E-state index contributed by atoms with van der Waals surface area (Å²) in [5.41, 5.74) is 2.72. The first-order valence-corrected chi connectivity index (χ1v) is 9.02. The molecule has 3 nitrogen and oxygen atoms in total. The molecule has 0 unspecified atom stereocenters. The number of oxazole rings is 1. The van der Waals surface area contributed by atoms with Gasteiger partial charge in [-0.05, 0) is 0 Å². The van der Waals surface area contributed by atoms with E-state index in [1.165, 1.54) is 0 Å². The molecule has 1 N–H and O–H groups in total. The van der Waals surface area contributed by atoms with Crippen LogP contribution in [-0.2, 0) is 0 Å². The van der Waals surface area contributed by atoms with Crippen LogP contribution in [0.3, 0.4) is 0 Å². The minimum atomic E-state index is -0.433. The quantitative estimate of drug-likeness (QED) is 0.723. The number of rotatable bonds is 5. The Bertz CT molecular complexity index is 678. The second-order valence-electron chi connectivity index (χ2n) is 5.09. The Morgan fingerprint density at radius 1 is 1.10 bits per heavy atom. The number of benzene rings is 2. The molecule has 0 spiro atoms. The van der Waals surface area contributed by atoms with Gasteiger partial charge in [-0.15, -0.1) is 0 Å². The summed E-state index contributed by atoms with van der Waals surface area (Å²) in [5, 5.41) is 11.3. The zero-order chi connectivity index (χ0) is 14.7. The van der Waals surface area contributed by atoms with Crippen LogP contribution in [0.4, 0.5) is 0 Å². The second-order valence-corrected chi connectivity index (χ2v) is 7.13. The van der Waals surface area contributed by atoms with E-state index in [4.69, 9.17) is 4.42 Å². The van der Waals surface area contributed by atoms with E-state index in [-0.39, 0.29) is 20.9 Å². The van der Waals surface area contributed by atoms with Crippen molar-refractivity contribution in [2.24, 2.45) is 5.92 Å². The Labute approximate surface area is 130 Å². The number of hydrogen-bond acceptors (Lipinski definition) is 3. The Kier molecular flexibility index (Phi) is 4.39. The summed E-state index contributed by atoms with van der Waals surface area (Å²) in [5.74, 6) is 0.183. The van der Waals surface area contributed by atoms with E-state index in [2.05, 4.69) is 11.9 Å². The number of aromatic nitrogens is 1. The average Bonchev–Trinajstić information content (AvgIpc) is 2.95. The predicted octanol–water partition coefficient (Wildman–Crippen LogP) is 2.95. The molecule has 2 aromatic carbocycles. The molecule has 21 heavy (non-hydrogen) atoms. The summed E-state index contributed by atoms with van der Waals surface area (Å²) in [6.07, 6.45) is -0.433. The summed E-state index contributed by atoms with van der Waals surface area (Å²) in [6, 6.07) is 17.6. The number of nitrogens with zero attached hydrogens (tertiary/aromatic N) is 1. The molecule has 0 bridgehead atoms. The number of hydrogen-bond donors (Lipinski definition) is 1. The Hall–Kier alpha value is -1.61. The molecular weight excluding hydrogens is 329 g/mol. The molecule has 108 valence electrons. The van der Waals surface area contributed by atoms with Crippen LogP contribution >= 0.6 is 0 Å².